The van der Waals surface area contributed by atoms with E-state index in [0.29, 0.717) is 6.04 Å². The molecule has 3 rings (SSSR count). The van der Waals surface area contributed by atoms with E-state index >= 15 is 0 Å². The van der Waals surface area contributed by atoms with Crippen LogP contribution in [0.5, 0.6) is 5.75 Å². The van der Waals surface area contributed by atoms with Gasteiger partial charge in [0.15, 0.2) is 5.82 Å². The zero-order chi connectivity index (χ0) is 16.4. The quantitative estimate of drug-likeness (QED) is 0.944. The predicted octanol–water partition coefficient (Wildman–Crippen LogP) is 2.70. The zero-order valence-electron chi connectivity index (χ0n) is 14.0. The summed E-state index contributed by atoms with van der Waals surface area (Å²) < 4.78 is 5.29. The lowest BCUT2D eigenvalue weighted by molar-refractivity contribution is 0.415. The number of aryl methyl sites for hydroxylation is 2. The Hall–Kier alpha value is -2.14. The number of nitrogens with zero attached hydrogens (tertiary/aromatic N) is 3. The highest BCUT2D eigenvalue weighted by atomic mass is 16.5. The number of rotatable bonds is 3. The molecule has 1 aliphatic heterocycles. The fraction of sp³-hybridized carbons (Fsp3) is 0.444. The third-order valence-electron chi connectivity index (χ3n) is 4.42. The summed E-state index contributed by atoms with van der Waals surface area (Å²) in [4.78, 5) is 11.8. The van der Waals surface area contributed by atoms with Gasteiger partial charge in [0.1, 0.15) is 5.75 Å². The molecule has 2 heterocycles. The number of nitrogens with two attached hydrogens (primary N) is 1. The van der Waals surface area contributed by atoms with Gasteiger partial charge in [-0.1, -0.05) is 12.1 Å². The molecule has 0 amide bonds. The fourth-order valence-electron chi connectivity index (χ4n) is 3.18. The van der Waals surface area contributed by atoms with Crippen molar-refractivity contribution >= 4 is 5.69 Å². The molecule has 0 radical (unpaired) electrons. The SMILES string of the molecule is COc1cccc(-c2nc(C)c(N3CCC(N)CC3)c(C)n2)c1. The molecule has 0 saturated carbocycles. The molecule has 0 aliphatic carbocycles. The van der Waals surface area contributed by atoms with Crippen LogP contribution in [-0.2, 0) is 0 Å². The van der Waals surface area contributed by atoms with E-state index in [-0.39, 0.29) is 0 Å². The Labute approximate surface area is 137 Å². The molecule has 0 unspecified atom stereocenters. The number of hydrogen-bond acceptors (Lipinski definition) is 5. The van der Waals surface area contributed by atoms with Crippen LogP contribution in [-0.4, -0.2) is 36.2 Å². The van der Waals surface area contributed by atoms with Crippen LogP contribution >= 0.6 is 0 Å². The van der Waals surface area contributed by atoms with Crippen LogP contribution in [0.15, 0.2) is 24.3 Å². The lowest BCUT2D eigenvalue weighted by atomic mass is 10.0. The van der Waals surface area contributed by atoms with Crippen molar-refractivity contribution < 1.29 is 4.74 Å². The van der Waals surface area contributed by atoms with E-state index in [1.165, 1.54) is 0 Å². The number of benzene rings is 1. The minimum Gasteiger partial charge on any atom is -0.497 e. The summed E-state index contributed by atoms with van der Waals surface area (Å²) in [6, 6.07) is 8.18. The molecule has 23 heavy (non-hydrogen) atoms. The van der Waals surface area contributed by atoms with Gasteiger partial charge in [-0.25, -0.2) is 9.97 Å². The fourth-order valence-corrected chi connectivity index (χ4v) is 3.18. The van der Waals surface area contributed by atoms with Crippen molar-refractivity contribution in [3.63, 3.8) is 0 Å². The van der Waals surface area contributed by atoms with Crippen LogP contribution in [0.25, 0.3) is 11.4 Å². The summed E-state index contributed by atoms with van der Waals surface area (Å²) in [6.45, 7) is 6.07. The number of piperidine rings is 1. The summed E-state index contributed by atoms with van der Waals surface area (Å²) in [7, 11) is 1.67. The van der Waals surface area contributed by atoms with Crippen LogP contribution < -0.4 is 15.4 Å². The molecule has 1 aromatic heterocycles. The molecule has 0 atom stereocenters. The van der Waals surface area contributed by atoms with Crippen LogP contribution in [0.4, 0.5) is 5.69 Å². The Bertz CT molecular complexity index is 670. The number of ether oxygens (including phenoxy) is 1. The summed E-state index contributed by atoms with van der Waals surface area (Å²) in [5, 5.41) is 0. The maximum atomic E-state index is 6.01. The first-order valence-electron chi connectivity index (χ1n) is 8.08. The van der Waals surface area contributed by atoms with E-state index in [9.17, 15) is 0 Å². The first kappa shape index (κ1) is 15.7. The molecule has 2 N–H and O–H groups in total. The highest BCUT2D eigenvalue weighted by Crippen LogP contribution is 2.28. The van der Waals surface area contributed by atoms with Gasteiger partial charge in [-0.15, -0.1) is 0 Å². The maximum Gasteiger partial charge on any atom is 0.159 e. The first-order chi connectivity index (χ1) is 11.1. The summed E-state index contributed by atoms with van der Waals surface area (Å²) in [5.74, 6) is 1.56. The maximum absolute atomic E-state index is 6.01. The predicted molar refractivity (Wildman–Crippen MR) is 92.9 cm³/mol. The standard InChI is InChI=1S/C18H24N4O/c1-12-17(22-9-7-15(19)8-10-22)13(2)21-18(20-12)14-5-4-6-16(11-14)23-3/h4-6,11,15H,7-10,19H2,1-3H3. The Morgan fingerprint density at radius 1 is 1.13 bits per heavy atom. The van der Waals surface area contributed by atoms with Crippen molar-refractivity contribution in [3.05, 3.63) is 35.7 Å². The molecule has 122 valence electrons. The van der Waals surface area contributed by atoms with E-state index in [1.54, 1.807) is 7.11 Å². The third kappa shape index (κ3) is 3.29. The zero-order valence-corrected chi connectivity index (χ0v) is 14.0. The normalized spacial score (nSPS) is 15.7. The lowest BCUT2D eigenvalue weighted by Gasteiger charge is -2.33. The van der Waals surface area contributed by atoms with E-state index in [1.807, 2.05) is 24.3 Å². The van der Waals surface area contributed by atoms with Crippen molar-refractivity contribution in [1.82, 2.24) is 9.97 Å². The van der Waals surface area contributed by atoms with E-state index < -0.39 is 0 Å². The summed E-state index contributed by atoms with van der Waals surface area (Å²) >= 11 is 0. The van der Waals surface area contributed by atoms with Crippen LogP contribution in [0.2, 0.25) is 0 Å². The molecule has 5 heteroatoms. The highest BCUT2D eigenvalue weighted by Gasteiger charge is 2.21. The number of hydrogen-bond donors (Lipinski definition) is 1. The van der Waals surface area contributed by atoms with Crippen LogP contribution in [0, 0.1) is 13.8 Å². The van der Waals surface area contributed by atoms with Gasteiger partial charge in [0, 0.05) is 24.7 Å². The van der Waals surface area contributed by atoms with Gasteiger partial charge in [-0.2, -0.15) is 0 Å². The second-order valence-corrected chi connectivity index (χ2v) is 6.12. The summed E-state index contributed by atoms with van der Waals surface area (Å²) in [5.41, 5.74) is 10.2. The molecule has 1 saturated heterocycles. The van der Waals surface area contributed by atoms with Crippen molar-refractivity contribution in [2.45, 2.75) is 32.7 Å². The minimum absolute atomic E-state index is 0.323. The average Bonchev–Trinajstić information content (AvgIpc) is 2.56. The minimum atomic E-state index is 0.323. The Balaban J connectivity index is 1.93. The number of aromatic nitrogens is 2. The molecular weight excluding hydrogens is 288 g/mol. The van der Waals surface area contributed by atoms with Gasteiger partial charge < -0.3 is 15.4 Å². The number of anilines is 1. The molecule has 0 bridgehead atoms. The lowest BCUT2D eigenvalue weighted by Crippen LogP contribution is -2.40. The molecular formula is C18H24N4O. The van der Waals surface area contributed by atoms with Gasteiger partial charge in [0.05, 0.1) is 24.2 Å². The van der Waals surface area contributed by atoms with Crippen molar-refractivity contribution in [2.24, 2.45) is 5.73 Å². The molecule has 0 spiro atoms. The van der Waals surface area contributed by atoms with Gasteiger partial charge in [-0.3, -0.25) is 0 Å². The number of methoxy groups -OCH3 is 1. The Morgan fingerprint density at radius 2 is 1.78 bits per heavy atom. The van der Waals surface area contributed by atoms with Crippen molar-refractivity contribution in [1.29, 1.82) is 0 Å². The van der Waals surface area contributed by atoms with E-state index in [4.69, 9.17) is 20.4 Å². The van der Waals surface area contributed by atoms with E-state index in [2.05, 4.69) is 18.7 Å². The van der Waals surface area contributed by atoms with Gasteiger partial charge >= 0.3 is 0 Å². The Kier molecular flexibility index (Phi) is 4.48. The van der Waals surface area contributed by atoms with Crippen molar-refractivity contribution in [2.75, 3.05) is 25.1 Å². The van der Waals surface area contributed by atoms with Gasteiger partial charge in [-0.05, 0) is 38.8 Å². The van der Waals surface area contributed by atoms with Crippen LogP contribution in [0.3, 0.4) is 0 Å². The first-order valence-corrected chi connectivity index (χ1v) is 8.08. The molecule has 5 nitrogen and oxygen atoms in total. The highest BCUT2D eigenvalue weighted by molar-refractivity contribution is 5.62. The molecule has 2 aromatic rings. The largest absolute Gasteiger partial charge is 0.497 e. The van der Waals surface area contributed by atoms with E-state index in [0.717, 1.165) is 60.1 Å². The average molecular weight is 312 g/mol. The smallest absolute Gasteiger partial charge is 0.159 e. The third-order valence-corrected chi connectivity index (χ3v) is 4.42. The molecule has 1 aliphatic rings. The van der Waals surface area contributed by atoms with Gasteiger partial charge in [0.2, 0.25) is 0 Å². The van der Waals surface area contributed by atoms with Crippen molar-refractivity contribution in [3.8, 4) is 17.1 Å². The van der Waals surface area contributed by atoms with Crippen LogP contribution in [0.1, 0.15) is 24.2 Å². The topological polar surface area (TPSA) is 64.3 Å². The molecule has 1 aromatic carbocycles. The second-order valence-electron chi connectivity index (χ2n) is 6.12. The Morgan fingerprint density at radius 3 is 2.39 bits per heavy atom. The molecule has 1 fully saturated rings. The summed E-state index contributed by atoms with van der Waals surface area (Å²) in [6.07, 6.45) is 2.05. The second kappa shape index (κ2) is 6.54. The van der Waals surface area contributed by atoms with Gasteiger partial charge in [0.25, 0.3) is 0 Å². The monoisotopic (exact) mass is 312 g/mol.